The zero-order chi connectivity index (χ0) is 14.1. The zero-order valence-corrected chi connectivity index (χ0v) is 10.6. The molecule has 1 aliphatic rings. The van der Waals surface area contributed by atoms with Crippen LogP contribution in [0.4, 0.5) is 14.5 Å². The second-order valence-corrected chi connectivity index (χ2v) is 4.98. The molecule has 0 heterocycles. The van der Waals surface area contributed by atoms with Crippen molar-refractivity contribution in [3.8, 4) is 0 Å². The number of hydrogen-bond donors (Lipinski definition) is 1. The first kappa shape index (κ1) is 12.8. The lowest BCUT2D eigenvalue weighted by Crippen LogP contribution is -2.14. The third kappa shape index (κ3) is 2.54. The van der Waals surface area contributed by atoms with Crippen molar-refractivity contribution in [2.45, 2.75) is 12.3 Å². The Kier molecular flexibility index (Phi) is 3.22. The summed E-state index contributed by atoms with van der Waals surface area (Å²) in [7, 11) is 0. The predicted molar refractivity (Wildman–Crippen MR) is 72.3 cm³/mol. The molecule has 1 fully saturated rings. The molecule has 0 saturated heterocycles. The van der Waals surface area contributed by atoms with Gasteiger partial charge in [0.25, 0.3) is 0 Å². The van der Waals surface area contributed by atoms with E-state index in [0.717, 1.165) is 24.1 Å². The van der Waals surface area contributed by atoms with Gasteiger partial charge in [0.15, 0.2) is 11.6 Å². The van der Waals surface area contributed by atoms with Gasteiger partial charge in [-0.15, -0.1) is 0 Å². The molecule has 1 amide bonds. The van der Waals surface area contributed by atoms with Crippen LogP contribution in [0, 0.1) is 17.6 Å². The molecule has 20 heavy (non-hydrogen) atoms. The number of nitrogens with one attached hydrogen (secondary N) is 1. The van der Waals surface area contributed by atoms with Gasteiger partial charge in [0.2, 0.25) is 5.91 Å². The molecular formula is C16H13F2NO. The van der Waals surface area contributed by atoms with Crippen LogP contribution in [0.3, 0.4) is 0 Å². The average molecular weight is 273 g/mol. The van der Waals surface area contributed by atoms with Crippen LogP contribution in [0.5, 0.6) is 0 Å². The van der Waals surface area contributed by atoms with Crippen LogP contribution < -0.4 is 5.32 Å². The molecule has 4 heteroatoms. The number of carbonyl (C=O) groups is 1. The minimum atomic E-state index is -0.960. The molecular weight excluding hydrogens is 260 g/mol. The second kappa shape index (κ2) is 5.04. The van der Waals surface area contributed by atoms with Gasteiger partial charge in [0.1, 0.15) is 0 Å². The van der Waals surface area contributed by atoms with Gasteiger partial charge in [-0.1, -0.05) is 30.3 Å². The van der Waals surface area contributed by atoms with Gasteiger partial charge >= 0.3 is 0 Å². The summed E-state index contributed by atoms with van der Waals surface area (Å²) in [5.74, 6) is -1.90. The van der Waals surface area contributed by atoms with Crippen molar-refractivity contribution in [2.24, 2.45) is 5.92 Å². The molecule has 2 atom stereocenters. The van der Waals surface area contributed by atoms with Crippen molar-refractivity contribution in [3.63, 3.8) is 0 Å². The lowest BCUT2D eigenvalue weighted by molar-refractivity contribution is -0.117. The average Bonchev–Trinajstić information content (AvgIpc) is 3.24. The SMILES string of the molecule is O=C(Nc1ccc(F)c(F)c1)[C@@H]1C[C@H]1c1ccccc1. The smallest absolute Gasteiger partial charge is 0.228 e. The minimum Gasteiger partial charge on any atom is -0.326 e. The third-order valence-electron chi connectivity index (χ3n) is 3.54. The molecule has 1 aliphatic carbocycles. The van der Waals surface area contributed by atoms with Gasteiger partial charge in [-0.25, -0.2) is 8.78 Å². The molecule has 1 N–H and O–H groups in total. The highest BCUT2D eigenvalue weighted by atomic mass is 19.2. The lowest BCUT2D eigenvalue weighted by Gasteiger charge is -2.05. The second-order valence-electron chi connectivity index (χ2n) is 4.98. The Morgan fingerprint density at radius 1 is 1.05 bits per heavy atom. The van der Waals surface area contributed by atoms with E-state index < -0.39 is 11.6 Å². The minimum absolute atomic E-state index is 0.0921. The van der Waals surface area contributed by atoms with Crippen LogP contribution in [-0.2, 0) is 4.79 Å². The van der Waals surface area contributed by atoms with E-state index in [4.69, 9.17) is 0 Å². The van der Waals surface area contributed by atoms with Crippen molar-refractivity contribution < 1.29 is 13.6 Å². The maximum absolute atomic E-state index is 13.1. The Morgan fingerprint density at radius 3 is 2.50 bits per heavy atom. The highest BCUT2D eigenvalue weighted by molar-refractivity contribution is 5.95. The summed E-state index contributed by atoms with van der Waals surface area (Å²) in [6, 6.07) is 13.2. The van der Waals surface area contributed by atoms with Gasteiger partial charge in [0, 0.05) is 17.7 Å². The van der Waals surface area contributed by atoms with Crippen LogP contribution in [0.25, 0.3) is 0 Å². The zero-order valence-electron chi connectivity index (χ0n) is 10.6. The Hall–Kier alpha value is -2.23. The molecule has 102 valence electrons. The van der Waals surface area contributed by atoms with Gasteiger partial charge in [-0.05, 0) is 30.0 Å². The van der Waals surface area contributed by atoms with Crippen molar-refractivity contribution >= 4 is 11.6 Å². The first-order valence-electron chi connectivity index (χ1n) is 6.46. The Bertz CT molecular complexity index is 642. The van der Waals surface area contributed by atoms with Gasteiger partial charge in [0.05, 0.1) is 0 Å². The highest BCUT2D eigenvalue weighted by Crippen LogP contribution is 2.47. The van der Waals surface area contributed by atoms with E-state index in [9.17, 15) is 13.6 Å². The van der Waals surface area contributed by atoms with Crippen molar-refractivity contribution in [1.82, 2.24) is 0 Å². The van der Waals surface area contributed by atoms with Gasteiger partial charge < -0.3 is 5.32 Å². The van der Waals surface area contributed by atoms with E-state index in [2.05, 4.69) is 5.32 Å². The standard InChI is InChI=1S/C16H13F2NO/c17-14-7-6-11(8-15(14)18)19-16(20)13-9-12(13)10-4-2-1-3-5-10/h1-8,12-13H,9H2,(H,19,20)/t12-,13+/m0/s1. The van der Waals surface area contributed by atoms with Gasteiger partial charge in [-0.3, -0.25) is 4.79 Å². The Balaban J connectivity index is 1.65. The molecule has 2 aromatic carbocycles. The van der Waals surface area contributed by atoms with Crippen LogP contribution in [0.1, 0.15) is 17.9 Å². The molecule has 0 aliphatic heterocycles. The van der Waals surface area contributed by atoms with Crippen molar-refractivity contribution in [3.05, 3.63) is 65.7 Å². The number of rotatable bonds is 3. The highest BCUT2D eigenvalue weighted by Gasteiger charge is 2.43. The normalized spacial score (nSPS) is 20.5. The monoisotopic (exact) mass is 273 g/mol. The molecule has 0 aromatic heterocycles. The van der Waals surface area contributed by atoms with Gasteiger partial charge in [-0.2, -0.15) is 0 Å². The summed E-state index contributed by atoms with van der Waals surface area (Å²) < 4.78 is 25.9. The van der Waals surface area contributed by atoms with Crippen LogP contribution in [-0.4, -0.2) is 5.91 Å². The molecule has 2 aromatic rings. The summed E-state index contributed by atoms with van der Waals surface area (Å²) >= 11 is 0. The number of halogens is 2. The largest absolute Gasteiger partial charge is 0.326 e. The topological polar surface area (TPSA) is 29.1 Å². The van der Waals surface area contributed by atoms with E-state index in [1.54, 1.807) is 0 Å². The summed E-state index contributed by atoms with van der Waals surface area (Å²) in [5.41, 5.74) is 1.42. The molecule has 0 unspecified atom stereocenters. The molecule has 0 spiro atoms. The maximum atomic E-state index is 13.1. The van der Waals surface area contributed by atoms with E-state index >= 15 is 0 Å². The summed E-state index contributed by atoms with van der Waals surface area (Å²) in [5, 5.41) is 2.63. The van der Waals surface area contributed by atoms with Crippen molar-refractivity contribution in [2.75, 3.05) is 5.32 Å². The first-order valence-corrected chi connectivity index (χ1v) is 6.46. The summed E-state index contributed by atoms with van der Waals surface area (Å²) in [4.78, 5) is 12.0. The number of amides is 1. The maximum Gasteiger partial charge on any atom is 0.228 e. The van der Waals surface area contributed by atoms with Crippen molar-refractivity contribution in [1.29, 1.82) is 0 Å². The molecule has 0 radical (unpaired) electrons. The van der Waals surface area contributed by atoms with Crippen LogP contribution >= 0.6 is 0 Å². The fourth-order valence-corrected chi connectivity index (χ4v) is 2.36. The summed E-state index contributed by atoms with van der Waals surface area (Å²) in [6.45, 7) is 0. The quantitative estimate of drug-likeness (QED) is 0.907. The molecule has 1 saturated carbocycles. The fraction of sp³-hybridized carbons (Fsp3) is 0.188. The lowest BCUT2D eigenvalue weighted by atomic mass is 10.1. The Morgan fingerprint density at radius 2 is 1.80 bits per heavy atom. The van der Waals surface area contributed by atoms with E-state index in [1.807, 2.05) is 30.3 Å². The van der Waals surface area contributed by atoms with Crippen LogP contribution in [0.15, 0.2) is 48.5 Å². The number of hydrogen-bond acceptors (Lipinski definition) is 1. The first-order chi connectivity index (χ1) is 9.65. The summed E-state index contributed by atoms with van der Waals surface area (Å²) in [6.07, 6.45) is 0.791. The number of benzene rings is 2. The molecule has 2 nitrogen and oxygen atoms in total. The van der Waals surface area contributed by atoms with E-state index in [1.165, 1.54) is 6.07 Å². The van der Waals surface area contributed by atoms with E-state index in [0.29, 0.717) is 0 Å². The van der Waals surface area contributed by atoms with E-state index in [-0.39, 0.29) is 23.4 Å². The predicted octanol–water partition coefficient (Wildman–Crippen LogP) is 3.71. The number of anilines is 1. The number of carbonyl (C=O) groups excluding carboxylic acids is 1. The third-order valence-corrected chi connectivity index (χ3v) is 3.54. The fourth-order valence-electron chi connectivity index (χ4n) is 2.36. The van der Waals surface area contributed by atoms with Crippen LogP contribution in [0.2, 0.25) is 0 Å². The Labute approximate surface area is 115 Å². The molecule has 0 bridgehead atoms. The molecule has 3 rings (SSSR count).